The average Bonchev–Trinajstić information content (AvgIpc) is 2.52. The van der Waals surface area contributed by atoms with Gasteiger partial charge >= 0.3 is 5.97 Å². The first-order valence-electron chi connectivity index (χ1n) is 6.96. The van der Waals surface area contributed by atoms with Crippen LogP contribution in [0.1, 0.15) is 24.0 Å². The molecule has 0 unspecified atom stereocenters. The van der Waals surface area contributed by atoms with E-state index in [-0.39, 0.29) is 0 Å². The molecule has 4 nitrogen and oxygen atoms in total. The molecule has 2 rings (SSSR count). The Kier molecular flexibility index (Phi) is 6.14. The van der Waals surface area contributed by atoms with E-state index in [1.807, 2.05) is 30.0 Å². The van der Waals surface area contributed by atoms with Crippen LogP contribution in [0.4, 0.5) is 0 Å². The Morgan fingerprint density at radius 3 is 2.90 bits per heavy atom. The fourth-order valence-electron chi connectivity index (χ4n) is 2.23. The van der Waals surface area contributed by atoms with Gasteiger partial charge in [0.15, 0.2) is 0 Å². The zero-order valence-corrected chi connectivity index (χ0v) is 12.9. The normalized spacial score (nSPS) is 16.2. The first kappa shape index (κ1) is 15.9. The third-order valence-corrected chi connectivity index (χ3v) is 4.79. The molecule has 1 aromatic carbocycles. The third-order valence-electron chi connectivity index (χ3n) is 3.37. The van der Waals surface area contributed by atoms with Gasteiger partial charge in [0, 0.05) is 35.9 Å². The highest BCUT2D eigenvalue weighted by Gasteiger charge is 2.15. The van der Waals surface area contributed by atoms with E-state index in [1.165, 1.54) is 0 Å². The van der Waals surface area contributed by atoms with Gasteiger partial charge < -0.3 is 14.6 Å². The van der Waals surface area contributed by atoms with Gasteiger partial charge in [0.1, 0.15) is 5.75 Å². The summed E-state index contributed by atoms with van der Waals surface area (Å²) in [6.07, 6.45) is 4.93. The summed E-state index contributed by atoms with van der Waals surface area (Å²) in [7, 11) is 1.66. The molecule has 0 atom stereocenters. The number of ether oxygens (including phenoxy) is 2. The van der Waals surface area contributed by atoms with E-state index in [2.05, 4.69) is 0 Å². The van der Waals surface area contributed by atoms with Crippen molar-refractivity contribution in [3.63, 3.8) is 0 Å². The number of thioether (sulfide) groups is 1. The van der Waals surface area contributed by atoms with E-state index in [4.69, 9.17) is 14.6 Å². The molecular weight excluding hydrogens is 288 g/mol. The second-order valence-electron chi connectivity index (χ2n) is 4.87. The lowest BCUT2D eigenvalue weighted by Gasteiger charge is -2.21. The average molecular weight is 308 g/mol. The van der Waals surface area contributed by atoms with Crippen LogP contribution in [0.5, 0.6) is 5.75 Å². The quantitative estimate of drug-likeness (QED) is 0.818. The van der Waals surface area contributed by atoms with Gasteiger partial charge in [-0.3, -0.25) is 0 Å². The molecule has 0 spiro atoms. The largest absolute Gasteiger partial charge is 0.496 e. The zero-order chi connectivity index (χ0) is 15.1. The van der Waals surface area contributed by atoms with Crippen LogP contribution < -0.4 is 4.74 Å². The number of carboxylic acids is 1. The summed E-state index contributed by atoms with van der Waals surface area (Å²) in [4.78, 5) is 10.6. The molecule has 0 amide bonds. The highest BCUT2D eigenvalue weighted by Crippen LogP contribution is 2.30. The SMILES string of the molecule is COc1ccc(C=CC(=O)O)cc1CSC1CCOCC1. The maximum atomic E-state index is 10.6. The van der Waals surface area contributed by atoms with E-state index in [0.717, 1.165) is 54.8 Å². The summed E-state index contributed by atoms with van der Waals surface area (Å²) < 4.78 is 10.8. The van der Waals surface area contributed by atoms with Crippen molar-refractivity contribution in [1.82, 2.24) is 0 Å². The Hall–Kier alpha value is -1.46. The number of rotatable bonds is 6. The Labute approximate surface area is 129 Å². The summed E-state index contributed by atoms with van der Waals surface area (Å²) in [5.74, 6) is 0.772. The summed E-state index contributed by atoms with van der Waals surface area (Å²) in [6, 6.07) is 5.74. The van der Waals surface area contributed by atoms with Crippen molar-refractivity contribution in [2.24, 2.45) is 0 Å². The van der Waals surface area contributed by atoms with Gasteiger partial charge in [-0.2, -0.15) is 11.8 Å². The predicted molar refractivity (Wildman–Crippen MR) is 84.8 cm³/mol. The van der Waals surface area contributed by atoms with E-state index in [1.54, 1.807) is 13.2 Å². The number of hydrogen-bond donors (Lipinski definition) is 1. The molecular formula is C16H20O4S. The predicted octanol–water partition coefficient (Wildman–Crippen LogP) is 3.21. The molecule has 21 heavy (non-hydrogen) atoms. The number of hydrogen-bond acceptors (Lipinski definition) is 4. The van der Waals surface area contributed by atoms with E-state index < -0.39 is 5.97 Å². The van der Waals surface area contributed by atoms with Gasteiger partial charge in [0.05, 0.1) is 7.11 Å². The van der Waals surface area contributed by atoms with Gasteiger partial charge in [-0.25, -0.2) is 4.79 Å². The number of aliphatic carboxylic acids is 1. The van der Waals surface area contributed by atoms with E-state index >= 15 is 0 Å². The summed E-state index contributed by atoms with van der Waals surface area (Å²) in [5.41, 5.74) is 1.97. The van der Waals surface area contributed by atoms with Crippen LogP contribution in [0, 0.1) is 0 Å². The fraction of sp³-hybridized carbons (Fsp3) is 0.438. The van der Waals surface area contributed by atoms with Gasteiger partial charge in [-0.05, 0) is 36.6 Å². The Bertz CT molecular complexity index is 507. The van der Waals surface area contributed by atoms with Crippen LogP contribution in [-0.2, 0) is 15.3 Å². The minimum absolute atomic E-state index is 0.627. The van der Waals surface area contributed by atoms with Crippen molar-refractivity contribution in [3.8, 4) is 5.75 Å². The van der Waals surface area contributed by atoms with Crippen molar-refractivity contribution < 1.29 is 19.4 Å². The summed E-state index contributed by atoms with van der Waals surface area (Å²) >= 11 is 1.91. The van der Waals surface area contributed by atoms with Gasteiger partial charge in [-0.1, -0.05) is 6.07 Å². The smallest absolute Gasteiger partial charge is 0.328 e. The first-order valence-corrected chi connectivity index (χ1v) is 8.01. The lowest BCUT2D eigenvalue weighted by molar-refractivity contribution is -0.131. The van der Waals surface area contributed by atoms with Gasteiger partial charge in [-0.15, -0.1) is 0 Å². The molecule has 0 aliphatic carbocycles. The summed E-state index contributed by atoms with van der Waals surface area (Å²) in [5, 5.41) is 9.32. The van der Waals surface area contributed by atoms with Gasteiger partial charge in [0.25, 0.3) is 0 Å². The van der Waals surface area contributed by atoms with Crippen molar-refractivity contribution >= 4 is 23.8 Å². The van der Waals surface area contributed by atoms with Crippen LogP contribution in [0.3, 0.4) is 0 Å². The molecule has 0 saturated carbocycles. The van der Waals surface area contributed by atoms with Crippen molar-refractivity contribution in [1.29, 1.82) is 0 Å². The number of methoxy groups -OCH3 is 1. The number of benzene rings is 1. The molecule has 0 radical (unpaired) electrons. The van der Waals surface area contributed by atoms with Crippen LogP contribution in [0.2, 0.25) is 0 Å². The fourth-order valence-corrected chi connectivity index (χ4v) is 3.40. The highest BCUT2D eigenvalue weighted by atomic mass is 32.2. The Morgan fingerprint density at radius 2 is 2.24 bits per heavy atom. The molecule has 1 N–H and O–H groups in total. The molecule has 5 heteroatoms. The molecule has 1 aromatic rings. The topological polar surface area (TPSA) is 55.8 Å². The van der Waals surface area contributed by atoms with Crippen molar-refractivity contribution in [2.75, 3.05) is 20.3 Å². The molecule has 1 aliphatic rings. The highest BCUT2D eigenvalue weighted by molar-refractivity contribution is 7.99. The number of carboxylic acid groups (broad SMARTS) is 1. The molecule has 114 valence electrons. The third kappa shape index (κ3) is 5.10. The van der Waals surface area contributed by atoms with E-state index in [0.29, 0.717) is 5.25 Å². The molecule has 0 aromatic heterocycles. The maximum absolute atomic E-state index is 10.6. The molecule has 1 aliphatic heterocycles. The number of carbonyl (C=O) groups is 1. The van der Waals surface area contributed by atoms with E-state index in [9.17, 15) is 4.79 Å². The van der Waals surface area contributed by atoms with Crippen LogP contribution in [0.25, 0.3) is 6.08 Å². The molecule has 1 heterocycles. The van der Waals surface area contributed by atoms with Gasteiger partial charge in [0.2, 0.25) is 0 Å². The zero-order valence-electron chi connectivity index (χ0n) is 12.1. The monoisotopic (exact) mass is 308 g/mol. The molecule has 1 saturated heterocycles. The lowest BCUT2D eigenvalue weighted by atomic mass is 10.1. The van der Waals surface area contributed by atoms with Crippen LogP contribution in [-0.4, -0.2) is 36.6 Å². The second-order valence-corrected chi connectivity index (χ2v) is 6.15. The van der Waals surface area contributed by atoms with Crippen LogP contribution in [0.15, 0.2) is 24.3 Å². The first-order chi connectivity index (χ1) is 10.2. The van der Waals surface area contributed by atoms with Crippen LogP contribution >= 0.6 is 11.8 Å². The molecule has 0 bridgehead atoms. The Morgan fingerprint density at radius 1 is 1.48 bits per heavy atom. The summed E-state index contributed by atoms with van der Waals surface area (Å²) in [6.45, 7) is 1.69. The minimum Gasteiger partial charge on any atom is -0.496 e. The minimum atomic E-state index is -0.941. The Balaban J connectivity index is 2.04. The molecule has 1 fully saturated rings. The standard InChI is InChI=1S/C16H20O4S/c1-19-15-4-2-12(3-5-16(17)18)10-13(15)11-21-14-6-8-20-9-7-14/h2-5,10,14H,6-9,11H2,1H3,(H,17,18). The van der Waals surface area contributed by atoms with Crippen molar-refractivity contribution in [2.45, 2.75) is 23.8 Å². The lowest BCUT2D eigenvalue weighted by Crippen LogP contribution is -2.17. The second kappa shape index (κ2) is 8.10. The maximum Gasteiger partial charge on any atom is 0.328 e. The van der Waals surface area contributed by atoms with Crippen molar-refractivity contribution in [3.05, 3.63) is 35.4 Å².